The van der Waals surface area contributed by atoms with Crippen LogP contribution in [0.1, 0.15) is 78.5 Å². The Morgan fingerprint density at radius 1 is 1.00 bits per heavy atom. The normalized spacial score (nSPS) is 12.0. The van der Waals surface area contributed by atoms with Gasteiger partial charge in [0.05, 0.1) is 17.0 Å². The molecule has 0 saturated carbocycles. The third-order valence-electron chi connectivity index (χ3n) is 6.33. The zero-order chi connectivity index (χ0) is 25.7. The van der Waals surface area contributed by atoms with E-state index in [-0.39, 0.29) is 11.5 Å². The van der Waals surface area contributed by atoms with Crippen LogP contribution in [0.3, 0.4) is 0 Å². The number of hydrogen-bond donors (Lipinski definition) is 1. The molecule has 0 amide bonds. The first-order valence-corrected chi connectivity index (χ1v) is 12.5. The van der Waals surface area contributed by atoms with Gasteiger partial charge in [-0.2, -0.15) is 0 Å². The van der Waals surface area contributed by atoms with Gasteiger partial charge in [0.25, 0.3) is 0 Å². The van der Waals surface area contributed by atoms with Crippen molar-refractivity contribution in [1.29, 1.82) is 0 Å². The first-order chi connectivity index (χ1) is 17.4. The minimum Gasteiger partial charge on any atom is -0.478 e. The number of unbranched alkanes of at least 4 members (excludes halogenated alkanes) is 1. The number of benzene rings is 2. The highest BCUT2D eigenvalue weighted by Gasteiger charge is 2.23. The monoisotopic (exact) mass is 484 g/mol. The number of aromatic carboxylic acids is 1. The fourth-order valence-corrected chi connectivity index (χ4v) is 4.41. The molecule has 4 rings (SSSR count). The summed E-state index contributed by atoms with van der Waals surface area (Å²) >= 11 is 0. The fraction of sp³-hybridized carbons (Fsp3) is 0.300. The van der Waals surface area contributed by atoms with E-state index in [4.69, 9.17) is 9.72 Å². The Morgan fingerprint density at radius 3 is 2.44 bits per heavy atom. The van der Waals surface area contributed by atoms with E-state index in [1.165, 1.54) is 0 Å². The summed E-state index contributed by atoms with van der Waals surface area (Å²) in [5.74, 6) is -1.23. The Labute approximate surface area is 211 Å². The van der Waals surface area contributed by atoms with Crippen LogP contribution in [0.5, 0.6) is 0 Å². The number of hydrogen-bond acceptors (Lipinski definition) is 4. The molecule has 1 N–H and O–H groups in total. The van der Waals surface area contributed by atoms with Gasteiger partial charge >= 0.3 is 11.9 Å². The molecule has 0 aliphatic carbocycles. The van der Waals surface area contributed by atoms with Gasteiger partial charge in [-0.1, -0.05) is 68.8 Å². The quantitative estimate of drug-likeness (QED) is 0.251. The summed E-state index contributed by atoms with van der Waals surface area (Å²) in [6, 6.07) is 18.5. The highest BCUT2D eigenvalue weighted by molar-refractivity contribution is 5.96. The molecule has 0 bridgehead atoms. The molecule has 186 valence electrons. The van der Waals surface area contributed by atoms with Crippen molar-refractivity contribution < 1.29 is 19.4 Å². The number of carboxylic acid groups (broad SMARTS) is 1. The number of esters is 1. The summed E-state index contributed by atoms with van der Waals surface area (Å²) in [6.45, 7) is 6.14. The second-order valence-corrected chi connectivity index (χ2v) is 9.06. The van der Waals surface area contributed by atoms with Crippen LogP contribution in [0.25, 0.3) is 16.8 Å². The highest BCUT2D eigenvalue weighted by Crippen LogP contribution is 2.32. The second kappa shape index (κ2) is 11.2. The topological polar surface area (TPSA) is 80.9 Å². The van der Waals surface area contributed by atoms with Crippen LogP contribution < -0.4 is 0 Å². The molecule has 0 radical (unpaired) electrons. The van der Waals surface area contributed by atoms with Gasteiger partial charge in [-0.25, -0.2) is 9.78 Å². The predicted molar refractivity (Wildman–Crippen MR) is 140 cm³/mol. The molecular formula is C30H32N2O4. The number of aryl methyl sites for hydroxylation is 2. The van der Waals surface area contributed by atoms with Gasteiger partial charge in [0.15, 0.2) is 6.10 Å². The van der Waals surface area contributed by atoms with Crippen molar-refractivity contribution in [1.82, 2.24) is 9.38 Å². The van der Waals surface area contributed by atoms with Crippen molar-refractivity contribution in [2.24, 2.45) is 0 Å². The SMILES string of the molecule is CCCCc1cn2c([C@H](OC(=O)CCC)c3ccc(-c4ccccc4C(=O)O)cc3)ccc(C)c2n1. The molecule has 2 aromatic carbocycles. The molecule has 2 heterocycles. The van der Waals surface area contributed by atoms with Crippen molar-refractivity contribution in [2.75, 3.05) is 0 Å². The van der Waals surface area contributed by atoms with E-state index in [9.17, 15) is 14.7 Å². The van der Waals surface area contributed by atoms with Crippen LogP contribution in [0.2, 0.25) is 0 Å². The van der Waals surface area contributed by atoms with Crippen LogP contribution in [-0.4, -0.2) is 26.4 Å². The van der Waals surface area contributed by atoms with Crippen molar-refractivity contribution >= 4 is 17.6 Å². The molecule has 0 saturated heterocycles. The molecule has 1 atom stereocenters. The molecule has 0 aliphatic rings. The van der Waals surface area contributed by atoms with Gasteiger partial charge < -0.3 is 9.84 Å². The van der Waals surface area contributed by atoms with Gasteiger partial charge in [-0.3, -0.25) is 9.20 Å². The van der Waals surface area contributed by atoms with Crippen LogP contribution in [0.15, 0.2) is 66.9 Å². The molecule has 4 aromatic rings. The molecule has 0 aliphatic heterocycles. The van der Waals surface area contributed by atoms with Gasteiger partial charge in [0.1, 0.15) is 5.65 Å². The number of aromatic nitrogens is 2. The van der Waals surface area contributed by atoms with E-state index in [0.29, 0.717) is 18.4 Å². The third-order valence-corrected chi connectivity index (χ3v) is 6.33. The van der Waals surface area contributed by atoms with Crippen molar-refractivity contribution in [3.63, 3.8) is 0 Å². The highest BCUT2D eigenvalue weighted by atomic mass is 16.5. The van der Waals surface area contributed by atoms with Crippen molar-refractivity contribution in [3.8, 4) is 11.1 Å². The molecule has 0 unspecified atom stereocenters. The molecule has 0 fully saturated rings. The van der Waals surface area contributed by atoms with Crippen LogP contribution >= 0.6 is 0 Å². The average molecular weight is 485 g/mol. The van der Waals surface area contributed by atoms with Crippen molar-refractivity contribution in [3.05, 3.63) is 94.9 Å². The number of imidazole rings is 1. The number of carbonyl (C=O) groups is 2. The molecule has 0 spiro atoms. The smallest absolute Gasteiger partial charge is 0.336 e. The van der Waals surface area contributed by atoms with Gasteiger partial charge in [-0.15, -0.1) is 0 Å². The summed E-state index contributed by atoms with van der Waals surface area (Å²) in [7, 11) is 0. The van der Waals surface area contributed by atoms with E-state index >= 15 is 0 Å². The predicted octanol–water partition coefficient (Wildman–Crippen LogP) is 6.78. The Kier molecular flexibility index (Phi) is 7.84. The number of carboxylic acids is 1. The number of nitrogens with zero attached hydrogens (tertiary/aromatic N) is 2. The maximum absolute atomic E-state index is 12.6. The van der Waals surface area contributed by atoms with E-state index in [2.05, 4.69) is 6.92 Å². The number of fused-ring (bicyclic) bond motifs is 1. The standard InChI is InChI=1S/C30H32N2O4/c1-4-6-10-23-19-32-26(18-13-20(3)29(32)31-23)28(36-27(33)9-5-2)22-16-14-21(15-17-22)24-11-7-8-12-25(24)30(34)35/h7-8,11-19,28H,4-6,9-10H2,1-3H3,(H,34,35)/t28-/m1/s1. The van der Waals surface area contributed by atoms with E-state index in [1.54, 1.807) is 18.2 Å². The molecule has 6 nitrogen and oxygen atoms in total. The summed E-state index contributed by atoms with van der Waals surface area (Å²) < 4.78 is 8.07. The summed E-state index contributed by atoms with van der Waals surface area (Å²) in [6.07, 6.45) is 5.51. The first-order valence-electron chi connectivity index (χ1n) is 12.5. The minimum absolute atomic E-state index is 0.245. The Balaban J connectivity index is 1.78. The van der Waals surface area contributed by atoms with Crippen LogP contribution in [-0.2, 0) is 16.0 Å². The average Bonchev–Trinajstić information content (AvgIpc) is 3.32. The maximum Gasteiger partial charge on any atom is 0.336 e. The zero-order valence-corrected chi connectivity index (χ0v) is 21.0. The lowest BCUT2D eigenvalue weighted by atomic mass is 9.96. The maximum atomic E-state index is 12.6. The first kappa shape index (κ1) is 25.2. The zero-order valence-electron chi connectivity index (χ0n) is 21.0. The summed E-state index contributed by atoms with van der Waals surface area (Å²) in [4.78, 5) is 29.2. The Bertz CT molecular complexity index is 1370. The second-order valence-electron chi connectivity index (χ2n) is 9.06. The summed E-state index contributed by atoms with van der Waals surface area (Å²) in [5.41, 5.74) is 6.25. The third kappa shape index (κ3) is 5.33. The number of carbonyl (C=O) groups excluding carboxylic acids is 1. The number of ether oxygens (including phenoxy) is 1. The van der Waals surface area contributed by atoms with Gasteiger partial charge in [-0.05, 0) is 60.6 Å². The van der Waals surface area contributed by atoms with Crippen LogP contribution in [0.4, 0.5) is 0 Å². The fourth-order valence-electron chi connectivity index (χ4n) is 4.41. The van der Waals surface area contributed by atoms with E-state index < -0.39 is 12.1 Å². The lowest BCUT2D eigenvalue weighted by Crippen LogP contribution is -2.15. The largest absolute Gasteiger partial charge is 0.478 e. The molecular weight excluding hydrogens is 452 g/mol. The Hall–Kier alpha value is -3.93. The van der Waals surface area contributed by atoms with Gasteiger partial charge in [0.2, 0.25) is 0 Å². The summed E-state index contributed by atoms with van der Waals surface area (Å²) in [5, 5.41) is 9.58. The van der Waals surface area contributed by atoms with Gasteiger partial charge in [0, 0.05) is 12.6 Å². The van der Waals surface area contributed by atoms with E-state index in [0.717, 1.165) is 53.0 Å². The number of rotatable bonds is 10. The molecule has 2 aromatic heterocycles. The lowest BCUT2D eigenvalue weighted by Gasteiger charge is -2.21. The minimum atomic E-state index is -0.970. The number of pyridine rings is 1. The molecule has 6 heteroatoms. The Morgan fingerprint density at radius 2 is 1.75 bits per heavy atom. The van der Waals surface area contributed by atoms with Crippen LogP contribution in [0, 0.1) is 6.92 Å². The van der Waals surface area contributed by atoms with E-state index in [1.807, 2.05) is 66.9 Å². The van der Waals surface area contributed by atoms with Crippen molar-refractivity contribution in [2.45, 2.75) is 59.0 Å². The lowest BCUT2D eigenvalue weighted by molar-refractivity contribution is -0.147. The molecule has 36 heavy (non-hydrogen) atoms.